The number of amides is 1. The van der Waals surface area contributed by atoms with Gasteiger partial charge in [-0.2, -0.15) is 0 Å². The average molecular weight is 573 g/mol. The highest BCUT2D eigenvalue weighted by Crippen LogP contribution is 2.48. The Bertz CT molecular complexity index is 1930. The second-order valence-corrected chi connectivity index (χ2v) is 12.3. The van der Waals surface area contributed by atoms with E-state index in [1.807, 2.05) is 0 Å². The zero-order valence-corrected chi connectivity index (χ0v) is 24.2. The molecule has 0 fully saturated rings. The van der Waals surface area contributed by atoms with E-state index in [1.165, 1.54) is 33.3 Å². The Labute approximate surface area is 250 Å². The fourth-order valence-electron chi connectivity index (χ4n) is 8.12. The van der Waals surface area contributed by atoms with Crippen LogP contribution < -0.4 is 30.1 Å². The van der Waals surface area contributed by atoms with Crippen LogP contribution >= 0.6 is 0 Å². The van der Waals surface area contributed by atoms with E-state index in [-0.39, 0.29) is 18.0 Å². The topological polar surface area (TPSA) is 81.9 Å². The number of carbonyl (C=O) groups excluding carboxylic acids is 1. The summed E-state index contributed by atoms with van der Waals surface area (Å²) in [5, 5.41) is 15.4. The zero-order chi connectivity index (χ0) is 29.2. The van der Waals surface area contributed by atoms with Crippen LogP contribution in [-0.4, -0.2) is 49.7 Å². The number of carboxylic acids is 1. The maximum absolute atomic E-state index is 13.1. The minimum absolute atomic E-state index is 0.100. The third-order valence-electron chi connectivity index (χ3n) is 9.82. The van der Waals surface area contributed by atoms with Gasteiger partial charge in [-0.05, 0) is 80.0 Å². The third-order valence-corrected chi connectivity index (χ3v) is 9.82. The fraction of sp³-hybridized carbons (Fsp3) is 0.361. The first kappa shape index (κ1) is 26.1. The van der Waals surface area contributed by atoms with E-state index in [0.717, 1.165) is 105 Å². The number of benzene rings is 3. The summed E-state index contributed by atoms with van der Waals surface area (Å²) in [7, 11) is 0. The molecule has 5 heterocycles. The third kappa shape index (κ3) is 4.00. The van der Waals surface area contributed by atoms with Crippen molar-refractivity contribution in [3.05, 3.63) is 85.4 Å². The molecule has 0 aromatic heterocycles. The number of nitrogens with one attached hydrogen (secondary N) is 1. The van der Waals surface area contributed by atoms with Gasteiger partial charge in [-0.3, -0.25) is 4.79 Å². The number of rotatable bonds is 4. The lowest BCUT2D eigenvalue weighted by atomic mass is 9.81. The van der Waals surface area contributed by atoms with E-state index in [2.05, 4.69) is 32.8 Å². The fourth-order valence-corrected chi connectivity index (χ4v) is 8.12. The summed E-state index contributed by atoms with van der Waals surface area (Å²) in [5.41, 5.74) is 9.26. The summed E-state index contributed by atoms with van der Waals surface area (Å²) in [6.07, 6.45) is 13.5. The van der Waals surface area contributed by atoms with Crippen molar-refractivity contribution >= 4 is 23.1 Å². The van der Waals surface area contributed by atoms with Gasteiger partial charge in [0.1, 0.15) is 24.6 Å². The van der Waals surface area contributed by atoms with Crippen LogP contribution in [0.4, 0.5) is 5.69 Å². The number of aromatic carboxylic acids is 1. The lowest BCUT2D eigenvalue weighted by Gasteiger charge is -2.39. The number of fused-ring (bicyclic) bond motifs is 4. The molecule has 3 aromatic carbocycles. The molecule has 216 valence electrons. The largest absolute Gasteiger partial charge is 0.478 e. The minimum atomic E-state index is -1.02. The number of nitrogens with zero attached hydrogens (tertiary/aromatic N) is 2. The van der Waals surface area contributed by atoms with Gasteiger partial charge in [-0.15, -0.1) is 6.42 Å². The van der Waals surface area contributed by atoms with Crippen LogP contribution in [0.5, 0.6) is 11.5 Å². The molecule has 0 spiro atoms. The maximum atomic E-state index is 13.1. The number of terminal acetylenes is 1. The smallest absolute Gasteiger partial charge is 0.336 e. The van der Waals surface area contributed by atoms with E-state index in [1.54, 1.807) is 18.2 Å². The van der Waals surface area contributed by atoms with Gasteiger partial charge in [-0.25, -0.2) is 9.37 Å². The van der Waals surface area contributed by atoms with Crippen molar-refractivity contribution in [1.82, 2.24) is 9.89 Å². The molecule has 7 nitrogen and oxygen atoms in total. The lowest BCUT2D eigenvalue weighted by Crippen LogP contribution is -2.45. The van der Waals surface area contributed by atoms with Crippen molar-refractivity contribution in [3.63, 3.8) is 0 Å². The Morgan fingerprint density at radius 2 is 1.70 bits per heavy atom. The van der Waals surface area contributed by atoms with Crippen LogP contribution in [0.2, 0.25) is 0 Å². The molecule has 0 saturated heterocycles. The lowest BCUT2D eigenvalue weighted by molar-refractivity contribution is 0.0696. The molecule has 0 radical (unpaired) electrons. The Hall–Kier alpha value is -4.57. The second-order valence-electron chi connectivity index (χ2n) is 12.3. The van der Waals surface area contributed by atoms with Crippen LogP contribution in [-0.2, 0) is 25.7 Å². The molecule has 0 aliphatic carbocycles. The first-order chi connectivity index (χ1) is 21.0. The van der Waals surface area contributed by atoms with Gasteiger partial charge in [-0.1, -0.05) is 5.92 Å². The number of hydrogen-bond donors (Lipinski definition) is 2. The molecule has 43 heavy (non-hydrogen) atoms. The zero-order valence-electron chi connectivity index (χ0n) is 24.2. The molecule has 7 heteroatoms. The Morgan fingerprint density at radius 1 is 0.930 bits per heavy atom. The Balaban J connectivity index is 1.50. The molecule has 2 N–H and O–H groups in total. The number of anilines is 1. The van der Waals surface area contributed by atoms with Crippen LogP contribution in [0.15, 0.2) is 30.3 Å². The van der Waals surface area contributed by atoms with E-state index in [9.17, 15) is 14.7 Å². The quantitative estimate of drug-likeness (QED) is 0.290. The van der Waals surface area contributed by atoms with Gasteiger partial charge >= 0.3 is 5.97 Å². The summed E-state index contributed by atoms with van der Waals surface area (Å²) in [6, 6.07) is 9.36. The molecule has 8 rings (SSSR count). The summed E-state index contributed by atoms with van der Waals surface area (Å²) in [5.74, 6) is 2.81. The van der Waals surface area contributed by atoms with E-state index < -0.39 is 5.97 Å². The van der Waals surface area contributed by atoms with Crippen molar-refractivity contribution in [2.45, 2.75) is 51.4 Å². The minimum Gasteiger partial charge on any atom is -0.478 e. The summed E-state index contributed by atoms with van der Waals surface area (Å²) in [4.78, 5) is 28.4. The van der Waals surface area contributed by atoms with Crippen molar-refractivity contribution in [2.24, 2.45) is 0 Å². The predicted octanol–water partition coefficient (Wildman–Crippen LogP) is 3.18. The molecule has 0 atom stereocenters. The molecule has 0 saturated carbocycles. The molecular formula is C36H34N3O4+. The van der Waals surface area contributed by atoms with Gasteiger partial charge < -0.3 is 20.1 Å². The first-order valence-corrected chi connectivity index (χ1v) is 15.6. The Kier molecular flexibility index (Phi) is 6.08. The van der Waals surface area contributed by atoms with Gasteiger partial charge in [0.05, 0.1) is 17.7 Å². The standard InChI is InChI=1S/C36H33N3O4/c1-2-13-37-35(40)23-11-12-24(36(41)42)27(20-23)30-28-18-21-7-3-14-38-16-5-9-25(31(21)38)33(28)43-34-26-10-6-17-39-15-4-8-22(32(26)39)19-29(30)34/h1,11-12,18-20H,3-10,13-17H2,(H-,37,40,41,42)/p+1. The molecule has 3 aromatic rings. The number of hydrogen-bond acceptors (Lipinski definition) is 4. The monoisotopic (exact) mass is 572 g/mol. The number of carbonyl (C=O) groups is 2. The van der Waals surface area contributed by atoms with Gasteiger partial charge in [0, 0.05) is 64.7 Å². The molecule has 0 bridgehead atoms. The number of ether oxygens (including phenoxy) is 1. The maximum Gasteiger partial charge on any atom is 0.336 e. The summed E-state index contributed by atoms with van der Waals surface area (Å²) >= 11 is 0. The van der Waals surface area contributed by atoms with Crippen LogP contribution in [0.1, 0.15) is 79.8 Å². The van der Waals surface area contributed by atoms with Crippen molar-refractivity contribution < 1.29 is 19.4 Å². The highest BCUT2D eigenvalue weighted by molar-refractivity contribution is 6.02. The normalized spacial score (nSPS) is 17.5. The van der Waals surface area contributed by atoms with Gasteiger partial charge in [0.25, 0.3) is 5.91 Å². The number of carboxylic acid groups (broad SMARTS) is 1. The van der Waals surface area contributed by atoms with Gasteiger partial charge in [0.2, 0.25) is 5.36 Å². The van der Waals surface area contributed by atoms with Crippen LogP contribution in [0.3, 0.4) is 0 Å². The highest BCUT2D eigenvalue weighted by atomic mass is 16.5. The summed E-state index contributed by atoms with van der Waals surface area (Å²) in [6.45, 7) is 4.31. The molecule has 5 aliphatic heterocycles. The van der Waals surface area contributed by atoms with Crippen LogP contribution in [0.25, 0.3) is 5.57 Å². The van der Waals surface area contributed by atoms with Gasteiger partial charge in [0.15, 0.2) is 0 Å². The molecule has 1 amide bonds. The predicted molar refractivity (Wildman–Crippen MR) is 165 cm³/mol. The SMILES string of the molecule is C#CCNC(=O)c1ccc(C(=O)O)c(C2=c3cc4c5c(c3Oc3c2cc2c6c3CCCN6CCC2)CCC[N+]=5CCC4)c1. The highest BCUT2D eigenvalue weighted by Gasteiger charge is 2.36. The first-order valence-electron chi connectivity index (χ1n) is 15.6. The van der Waals surface area contributed by atoms with Crippen molar-refractivity contribution in [2.75, 3.05) is 37.6 Å². The number of aryl methyl sites for hydroxylation is 2. The second kappa shape index (κ2) is 10.0. The summed E-state index contributed by atoms with van der Waals surface area (Å²) < 4.78 is 9.59. The van der Waals surface area contributed by atoms with E-state index in [0.29, 0.717) is 11.1 Å². The van der Waals surface area contributed by atoms with Crippen molar-refractivity contribution in [3.8, 4) is 23.8 Å². The van der Waals surface area contributed by atoms with Crippen LogP contribution in [0, 0.1) is 12.3 Å². The molecular weight excluding hydrogens is 538 g/mol. The van der Waals surface area contributed by atoms with E-state index >= 15 is 0 Å². The van der Waals surface area contributed by atoms with Crippen molar-refractivity contribution in [1.29, 1.82) is 0 Å². The molecule has 0 unspecified atom stereocenters. The molecule has 5 aliphatic rings. The Morgan fingerprint density at radius 3 is 2.51 bits per heavy atom. The average Bonchev–Trinajstić information content (AvgIpc) is 3.03. The van der Waals surface area contributed by atoms with E-state index in [4.69, 9.17) is 11.2 Å².